The van der Waals surface area contributed by atoms with E-state index in [0.29, 0.717) is 19.3 Å². The maximum absolute atomic E-state index is 12.8. The molecule has 0 aromatic rings. The number of rotatable bonds is 49. The lowest BCUT2D eigenvalue weighted by Crippen LogP contribution is -2.30. The van der Waals surface area contributed by atoms with Crippen LogP contribution in [0.3, 0.4) is 0 Å². The molecule has 0 saturated carbocycles. The van der Waals surface area contributed by atoms with Crippen molar-refractivity contribution in [2.24, 2.45) is 0 Å². The third kappa shape index (κ3) is 54.5. The molecule has 0 radical (unpaired) electrons. The molecule has 0 aliphatic heterocycles. The highest BCUT2D eigenvalue weighted by atomic mass is 16.6. The Morgan fingerprint density at radius 1 is 0.300 bits per heavy atom. The lowest BCUT2D eigenvalue weighted by molar-refractivity contribution is -0.167. The first-order valence-electron chi connectivity index (χ1n) is 28.2. The van der Waals surface area contributed by atoms with Crippen molar-refractivity contribution in [3.8, 4) is 0 Å². The van der Waals surface area contributed by atoms with Crippen LogP contribution in [0.4, 0.5) is 0 Å². The molecule has 0 amide bonds. The average Bonchev–Trinajstić information content (AvgIpc) is 3.36. The molecule has 0 aromatic heterocycles. The number of carbonyl (C=O) groups excluding carboxylic acids is 3. The van der Waals surface area contributed by atoms with Gasteiger partial charge >= 0.3 is 17.9 Å². The van der Waals surface area contributed by atoms with Gasteiger partial charge in [-0.15, -0.1) is 0 Å². The summed E-state index contributed by atoms with van der Waals surface area (Å²) >= 11 is 0. The Hall–Kier alpha value is -4.45. The predicted molar refractivity (Wildman–Crippen MR) is 302 cm³/mol. The van der Waals surface area contributed by atoms with Crippen molar-refractivity contribution >= 4 is 17.9 Å². The molecule has 6 heteroatoms. The molecule has 1 unspecified atom stereocenters. The molecule has 0 aliphatic rings. The van der Waals surface area contributed by atoms with Crippen LogP contribution in [0, 0.1) is 0 Å². The van der Waals surface area contributed by atoms with Crippen LogP contribution in [0.1, 0.15) is 233 Å². The second-order valence-corrected chi connectivity index (χ2v) is 18.1. The van der Waals surface area contributed by atoms with Crippen LogP contribution in [0.15, 0.2) is 134 Å². The number of ether oxygens (including phenoxy) is 3. The molecule has 0 aliphatic carbocycles. The monoisotopic (exact) mass is 967 g/mol. The zero-order valence-electron chi connectivity index (χ0n) is 45.0. The Morgan fingerprint density at radius 3 is 0.914 bits per heavy atom. The first kappa shape index (κ1) is 65.5. The average molecular weight is 968 g/mol. The van der Waals surface area contributed by atoms with E-state index in [1.54, 1.807) is 0 Å². The van der Waals surface area contributed by atoms with Crippen molar-refractivity contribution in [1.29, 1.82) is 0 Å². The van der Waals surface area contributed by atoms with Crippen molar-refractivity contribution < 1.29 is 28.6 Å². The van der Waals surface area contributed by atoms with Crippen molar-refractivity contribution in [2.45, 2.75) is 239 Å². The molecule has 0 saturated heterocycles. The highest BCUT2D eigenvalue weighted by molar-refractivity contribution is 5.71. The second-order valence-electron chi connectivity index (χ2n) is 18.1. The van der Waals surface area contributed by atoms with Gasteiger partial charge in [-0.1, -0.05) is 219 Å². The number of carbonyl (C=O) groups is 3. The van der Waals surface area contributed by atoms with Gasteiger partial charge in [-0.05, 0) is 128 Å². The fraction of sp³-hybridized carbons (Fsp3) is 0.609. The van der Waals surface area contributed by atoms with Gasteiger partial charge in [0, 0.05) is 19.3 Å². The van der Waals surface area contributed by atoms with Crippen LogP contribution in [0.25, 0.3) is 0 Å². The fourth-order valence-electron chi connectivity index (χ4n) is 7.20. The zero-order chi connectivity index (χ0) is 50.7. The van der Waals surface area contributed by atoms with E-state index in [4.69, 9.17) is 14.2 Å². The number of allylic oxidation sites excluding steroid dienone is 22. The Bertz CT molecular complexity index is 1530. The number of hydrogen-bond acceptors (Lipinski definition) is 6. The summed E-state index contributed by atoms with van der Waals surface area (Å²) in [5.41, 5.74) is 0. The number of esters is 3. The van der Waals surface area contributed by atoms with E-state index in [1.807, 2.05) is 0 Å². The topological polar surface area (TPSA) is 78.9 Å². The van der Waals surface area contributed by atoms with Crippen molar-refractivity contribution in [3.63, 3.8) is 0 Å². The molecular weight excluding hydrogens is 865 g/mol. The van der Waals surface area contributed by atoms with Gasteiger partial charge in [0.2, 0.25) is 0 Å². The van der Waals surface area contributed by atoms with Gasteiger partial charge in [-0.2, -0.15) is 0 Å². The van der Waals surface area contributed by atoms with Crippen molar-refractivity contribution in [1.82, 2.24) is 0 Å². The molecule has 394 valence electrons. The van der Waals surface area contributed by atoms with Gasteiger partial charge in [0.05, 0.1) is 0 Å². The summed E-state index contributed by atoms with van der Waals surface area (Å²) in [6, 6.07) is 0. The Morgan fingerprint density at radius 2 is 0.571 bits per heavy atom. The smallest absolute Gasteiger partial charge is 0.306 e. The third-order valence-electron chi connectivity index (χ3n) is 11.4. The van der Waals surface area contributed by atoms with Gasteiger partial charge in [0.15, 0.2) is 6.10 Å². The maximum atomic E-state index is 12.8. The van der Waals surface area contributed by atoms with Gasteiger partial charge in [0.1, 0.15) is 13.2 Å². The molecule has 0 spiro atoms. The summed E-state index contributed by atoms with van der Waals surface area (Å²) in [7, 11) is 0. The van der Waals surface area contributed by atoms with E-state index in [9.17, 15) is 14.4 Å². The zero-order valence-corrected chi connectivity index (χ0v) is 45.0. The van der Waals surface area contributed by atoms with Gasteiger partial charge in [0.25, 0.3) is 0 Å². The Labute approximate surface area is 430 Å². The Kier molecular flexibility index (Phi) is 53.5. The second kappa shape index (κ2) is 57.1. The molecule has 6 nitrogen and oxygen atoms in total. The minimum Gasteiger partial charge on any atom is -0.462 e. The van der Waals surface area contributed by atoms with Crippen LogP contribution in [-0.4, -0.2) is 37.2 Å². The van der Waals surface area contributed by atoms with Gasteiger partial charge < -0.3 is 14.2 Å². The molecule has 0 aromatic carbocycles. The van der Waals surface area contributed by atoms with E-state index in [2.05, 4.69) is 154 Å². The first-order valence-corrected chi connectivity index (χ1v) is 28.2. The predicted octanol–water partition coefficient (Wildman–Crippen LogP) is 19.0. The largest absolute Gasteiger partial charge is 0.462 e. The normalized spacial score (nSPS) is 13.1. The van der Waals surface area contributed by atoms with Crippen LogP contribution in [0.5, 0.6) is 0 Å². The highest BCUT2D eigenvalue weighted by Gasteiger charge is 2.19. The molecular formula is C64H102O6. The lowest BCUT2D eigenvalue weighted by Gasteiger charge is -2.18. The fourth-order valence-corrected chi connectivity index (χ4v) is 7.20. The number of hydrogen-bond donors (Lipinski definition) is 0. The SMILES string of the molecule is CC/C=C\C/C=C\C/C=C\C/C=C\CCCCCCCCC(=O)OCC(COC(=O)CCCCCCCC/C=C\C/C=C\C/C=C\CC)OC(=O)CCC/C=C\C/C=C\C/C=C\C/C=C\CCCCC. The van der Waals surface area contributed by atoms with E-state index >= 15 is 0 Å². The van der Waals surface area contributed by atoms with Crippen LogP contribution in [0.2, 0.25) is 0 Å². The summed E-state index contributed by atoms with van der Waals surface area (Å²) in [5, 5.41) is 0. The molecule has 0 rings (SSSR count). The molecule has 1 atom stereocenters. The Balaban J connectivity index is 4.54. The summed E-state index contributed by atoms with van der Waals surface area (Å²) in [5.74, 6) is -1.00. The molecule has 0 N–H and O–H groups in total. The van der Waals surface area contributed by atoms with Crippen LogP contribution >= 0.6 is 0 Å². The molecule has 0 fully saturated rings. The van der Waals surface area contributed by atoms with Gasteiger partial charge in [-0.25, -0.2) is 0 Å². The number of unbranched alkanes of at least 4 members (excludes halogenated alkanes) is 16. The minimum absolute atomic E-state index is 0.116. The van der Waals surface area contributed by atoms with Gasteiger partial charge in [-0.3, -0.25) is 14.4 Å². The third-order valence-corrected chi connectivity index (χ3v) is 11.4. The molecule has 70 heavy (non-hydrogen) atoms. The van der Waals surface area contributed by atoms with Crippen LogP contribution in [-0.2, 0) is 28.6 Å². The van der Waals surface area contributed by atoms with Crippen LogP contribution < -0.4 is 0 Å². The van der Waals surface area contributed by atoms with E-state index in [-0.39, 0.29) is 37.5 Å². The lowest BCUT2D eigenvalue weighted by atomic mass is 10.1. The van der Waals surface area contributed by atoms with Crippen molar-refractivity contribution in [3.05, 3.63) is 134 Å². The molecule has 0 heterocycles. The minimum atomic E-state index is -0.824. The standard InChI is InChI=1S/C64H102O6/c1-4-7-10-13-16-19-22-25-28-31-32-34-36-39-42-45-48-51-54-57-63(66)69-60-61(59-68-62(65)56-53-50-47-44-41-38-35-30-27-24-21-18-15-12-9-6-3)70-64(67)58-55-52-49-46-43-40-37-33-29-26-23-20-17-14-11-8-5-2/h7,9-10,12,16-21,25-30,32,34,37,40,46,49,61H,4-6,8,11,13-15,22-24,31,33,35-36,38-39,41-45,47-48,50-60H2,1-3H3/b10-7-,12-9-,19-16-,20-17-,21-18-,28-25-,29-26-,30-27-,34-32-,40-37-,49-46-. The van der Waals surface area contributed by atoms with E-state index < -0.39 is 6.10 Å². The van der Waals surface area contributed by atoms with E-state index in [0.717, 1.165) is 135 Å². The quantitative estimate of drug-likeness (QED) is 0.0262. The summed E-state index contributed by atoms with van der Waals surface area (Å²) in [6.45, 7) is 6.31. The highest BCUT2D eigenvalue weighted by Crippen LogP contribution is 2.13. The molecule has 0 bridgehead atoms. The summed E-state index contributed by atoms with van der Waals surface area (Å²) in [4.78, 5) is 38.1. The van der Waals surface area contributed by atoms with Crippen molar-refractivity contribution in [2.75, 3.05) is 13.2 Å². The maximum Gasteiger partial charge on any atom is 0.306 e. The summed E-state index contributed by atoms with van der Waals surface area (Å²) < 4.78 is 16.8. The van der Waals surface area contributed by atoms with E-state index in [1.165, 1.54) is 51.4 Å². The first-order chi connectivity index (χ1) is 34.5. The summed E-state index contributed by atoms with van der Waals surface area (Å²) in [6.07, 6.45) is 80.1.